The fraction of sp³-hybridized carbons (Fsp3) is 0.217. The van der Waals surface area contributed by atoms with Gasteiger partial charge in [-0.05, 0) is 55.2 Å². The number of benzene rings is 2. The van der Waals surface area contributed by atoms with Gasteiger partial charge in [-0.3, -0.25) is 4.79 Å². The topological polar surface area (TPSA) is 53.9 Å². The van der Waals surface area contributed by atoms with Crippen molar-refractivity contribution in [2.75, 3.05) is 7.05 Å². The Bertz CT molecular complexity index is 1220. The SMILES string of the molecule is CN(Cc1cccc2[nH]ccc12)C(=O)c1nn(-c2cccc(F)c2)c2c1CCC2. The first kappa shape index (κ1) is 17.7. The Morgan fingerprint density at radius 3 is 2.93 bits per heavy atom. The van der Waals surface area contributed by atoms with Crippen LogP contribution in [0.5, 0.6) is 0 Å². The van der Waals surface area contributed by atoms with E-state index >= 15 is 0 Å². The van der Waals surface area contributed by atoms with Gasteiger partial charge in [0.2, 0.25) is 0 Å². The molecular formula is C23H21FN4O. The lowest BCUT2D eigenvalue weighted by molar-refractivity contribution is 0.0778. The van der Waals surface area contributed by atoms with Gasteiger partial charge in [-0.15, -0.1) is 0 Å². The molecule has 2 aromatic carbocycles. The van der Waals surface area contributed by atoms with Crippen LogP contribution in [-0.2, 0) is 19.4 Å². The van der Waals surface area contributed by atoms with Crippen LogP contribution >= 0.6 is 0 Å². The van der Waals surface area contributed by atoms with E-state index in [0.717, 1.165) is 47.0 Å². The minimum absolute atomic E-state index is 0.106. The number of aromatic amines is 1. The van der Waals surface area contributed by atoms with E-state index in [1.807, 2.05) is 36.5 Å². The molecule has 0 aliphatic heterocycles. The highest BCUT2D eigenvalue weighted by Gasteiger charge is 2.28. The van der Waals surface area contributed by atoms with Crippen LogP contribution in [0.15, 0.2) is 54.7 Å². The van der Waals surface area contributed by atoms with Crippen LogP contribution in [0.3, 0.4) is 0 Å². The van der Waals surface area contributed by atoms with Crippen molar-refractivity contribution >= 4 is 16.8 Å². The third-order valence-electron chi connectivity index (χ3n) is 5.63. The predicted octanol–water partition coefficient (Wildman–Crippen LogP) is 4.25. The molecule has 0 saturated carbocycles. The Hall–Kier alpha value is -3.41. The van der Waals surface area contributed by atoms with Gasteiger partial charge in [0.25, 0.3) is 5.91 Å². The van der Waals surface area contributed by atoms with E-state index in [1.54, 1.807) is 22.7 Å². The van der Waals surface area contributed by atoms with Crippen LogP contribution in [0.1, 0.15) is 33.7 Å². The summed E-state index contributed by atoms with van der Waals surface area (Å²) in [5.74, 6) is -0.416. The molecule has 1 N–H and O–H groups in total. The van der Waals surface area contributed by atoms with Gasteiger partial charge in [0, 0.05) is 41.9 Å². The van der Waals surface area contributed by atoms with E-state index in [1.165, 1.54) is 12.1 Å². The minimum Gasteiger partial charge on any atom is -0.361 e. The van der Waals surface area contributed by atoms with Crippen molar-refractivity contribution in [3.8, 4) is 5.69 Å². The van der Waals surface area contributed by atoms with Crippen molar-refractivity contribution in [2.24, 2.45) is 0 Å². The fourth-order valence-corrected chi connectivity index (χ4v) is 4.23. The van der Waals surface area contributed by atoms with E-state index in [-0.39, 0.29) is 11.7 Å². The molecule has 0 radical (unpaired) electrons. The first-order valence-corrected chi connectivity index (χ1v) is 9.79. The number of rotatable bonds is 4. The van der Waals surface area contributed by atoms with Crippen molar-refractivity contribution < 1.29 is 9.18 Å². The van der Waals surface area contributed by atoms with Crippen LogP contribution < -0.4 is 0 Å². The molecule has 1 aliphatic carbocycles. The number of amides is 1. The highest BCUT2D eigenvalue weighted by molar-refractivity contribution is 5.94. The normalized spacial score (nSPS) is 13.0. The molecule has 0 fully saturated rings. The fourth-order valence-electron chi connectivity index (χ4n) is 4.23. The van der Waals surface area contributed by atoms with Crippen molar-refractivity contribution in [1.29, 1.82) is 0 Å². The lowest BCUT2D eigenvalue weighted by Gasteiger charge is -2.17. The Morgan fingerprint density at radius 2 is 2.07 bits per heavy atom. The number of fused-ring (bicyclic) bond motifs is 2. The molecule has 5 nitrogen and oxygen atoms in total. The van der Waals surface area contributed by atoms with Crippen LogP contribution in [-0.4, -0.2) is 32.6 Å². The highest BCUT2D eigenvalue weighted by atomic mass is 19.1. The summed E-state index contributed by atoms with van der Waals surface area (Å²) < 4.78 is 15.5. The van der Waals surface area contributed by atoms with E-state index in [4.69, 9.17) is 0 Å². The number of carbonyl (C=O) groups is 1. The van der Waals surface area contributed by atoms with Gasteiger partial charge in [0.05, 0.1) is 5.69 Å². The van der Waals surface area contributed by atoms with Crippen molar-refractivity contribution in [1.82, 2.24) is 19.7 Å². The number of carbonyl (C=O) groups excluding carboxylic acids is 1. The number of nitrogens with one attached hydrogen (secondary N) is 1. The van der Waals surface area contributed by atoms with Crippen molar-refractivity contribution in [2.45, 2.75) is 25.8 Å². The second-order valence-corrected chi connectivity index (χ2v) is 7.54. The molecule has 0 bridgehead atoms. The zero-order valence-electron chi connectivity index (χ0n) is 16.2. The van der Waals surface area contributed by atoms with Crippen molar-refractivity contribution in [3.63, 3.8) is 0 Å². The second-order valence-electron chi connectivity index (χ2n) is 7.54. The van der Waals surface area contributed by atoms with Crippen molar-refractivity contribution in [3.05, 3.63) is 83.1 Å². The Morgan fingerprint density at radius 1 is 1.21 bits per heavy atom. The van der Waals surface area contributed by atoms with E-state index < -0.39 is 0 Å². The van der Waals surface area contributed by atoms with Crippen LogP contribution in [0.4, 0.5) is 4.39 Å². The number of aromatic nitrogens is 3. The first-order valence-electron chi connectivity index (χ1n) is 9.79. The molecule has 29 heavy (non-hydrogen) atoms. The number of halogens is 1. The summed E-state index contributed by atoms with van der Waals surface area (Å²) in [5, 5.41) is 5.72. The molecule has 2 aromatic heterocycles. The first-order chi connectivity index (χ1) is 14.1. The quantitative estimate of drug-likeness (QED) is 0.568. The zero-order chi connectivity index (χ0) is 20.0. The molecule has 2 heterocycles. The summed E-state index contributed by atoms with van der Waals surface area (Å²) in [6.07, 6.45) is 4.56. The maximum atomic E-state index is 13.7. The molecule has 0 saturated heterocycles. The van der Waals surface area contributed by atoms with Gasteiger partial charge in [0.1, 0.15) is 5.82 Å². The van der Waals surface area contributed by atoms with Crippen LogP contribution in [0, 0.1) is 5.82 Å². The van der Waals surface area contributed by atoms with Gasteiger partial charge in [0.15, 0.2) is 5.69 Å². The summed E-state index contributed by atoms with van der Waals surface area (Å²) in [6, 6.07) is 14.4. The van der Waals surface area contributed by atoms with Crippen LogP contribution in [0.25, 0.3) is 16.6 Å². The summed E-state index contributed by atoms with van der Waals surface area (Å²) in [7, 11) is 1.80. The monoisotopic (exact) mass is 388 g/mol. The lowest BCUT2D eigenvalue weighted by Crippen LogP contribution is -2.27. The molecule has 1 amide bonds. The standard InChI is InChI=1S/C23H21FN4O/c1-27(14-15-5-2-9-20-18(15)11-12-25-20)23(29)22-19-8-4-10-21(19)28(26-22)17-7-3-6-16(24)13-17/h2-3,5-7,9,11-13,25H,4,8,10,14H2,1H3. The summed E-state index contributed by atoms with van der Waals surface area (Å²) in [4.78, 5) is 18.2. The van der Waals surface area contributed by atoms with Crippen LogP contribution in [0.2, 0.25) is 0 Å². The molecular weight excluding hydrogens is 367 g/mol. The number of nitrogens with zero attached hydrogens (tertiary/aromatic N) is 3. The maximum absolute atomic E-state index is 13.7. The lowest BCUT2D eigenvalue weighted by atomic mass is 10.1. The van der Waals surface area contributed by atoms with E-state index in [2.05, 4.69) is 10.1 Å². The Labute approximate surface area is 167 Å². The molecule has 5 rings (SSSR count). The smallest absolute Gasteiger partial charge is 0.274 e. The number of hydrogen-bond donors (Lipinski definition) is 1. The summed E-state index contributed by atoms with van der Waals surface area (Å²) >= 11 is 0. The number of H-pyrrole nitrogens is 1. The zero-order valence-corrected chi connectivity index (χ0v) is 16.2. The average Bonchev–Trinajstić information content (AvgIpc) is 3.44. The van der Waals surface area contributed by atoms with Gasteiger partial charge in [-0.2, -0.15) is 5.10 Å². The van der Waals surface area contributed by atoms with Gasteiger partial charge < -0.3 is 9.88 Å². The highest BCUT2D eigenvalue weighted by Crippen LogP contribution is 2.29. The van der Waals surface area contributed by atoms with E-state index in [0.29, 0.717) is 17.9 Å². The Balaban J connectivity index is 1.48. The predicted molar refractivity (Wildman–Crippen MR) is 110 cm³/mol. The molecule has 6 heteroatoms. The third-order valence-corrected chi connectivity index (χ3v) is 5.63. The molecule has 146 valence electrons. The van der Waals surface area contributed by atoms with Gasteiger partial charge in [-0.25, -0.2) is 9.07 Å². The molecule has 0 atom stereocenters. The summed E-state index contributed by atoms with van der Waals surface area (Å²) in [5.41, 5.74) is 5.28. The molecule has 0 spiro atoms. The van der Waals surface area contributed by atoms with Gasteiger partial charge in [-0.1, -0.05) is 18.2 Å². The average molecular weight is 388 g/mol. The van der Waals surface area contributed by atoms with E-state index in [9.17, 15) is 9.18 Å². The van der Waals surface area contributed by atoms with Gasteiger partial charge >= 0.3 is 0 Å². The molecule has 0 unspecified atom stereocenters. The maximum Gasteiger partial charge on any atom is 0.274 e. The molecule has 4 aromatic rings. The minimum atomic E-state index is -0.311. The Kier molecular flexibility index (Phi) is 4.19. The number of hydrogen-bond acceptors (Lipinski definition) is 2. The molecule has 1 aliphatic rings. The second kappa shape index (κ2) is 6.88. The largest absolute Gasteiger partial charge is 0.361 e. The summed E-state index contributed by atoms with van der Waals surface area (Å²) in [6.45, 7) is 0.496. The third kappa shape index (κ3) is 3.01.